The van der Waals surface area contributed by atoms with Crippen LogP contribution in [0.5, 0.6) is 0 Å². The molecule has 1 saturated heterocycles. The fourth-order valence-electron chi connectivity index (χ4n) is 2.93. The number of amides is 1. The molecule has 4 nitrogen and oxygen atoms in total. The molecule has 1 amide bonds. The summed E-state index contributed by atoms with van der Waals surface area (Å²) < 4.78 is 5.26. The number of rotatable bonds is 3. The van der Waals surface area contributed by atoms with Crippen LogP contribution in [0, 0.1) is 5.92 Å². The summed E-state index contributed by atoms with van der Waals surface area (Å²) in [5, 5.41) is 0. The van der Waals surface area contributed by atoms with Gasteiger partial charge in [-0.2, -0.15) is 0 Å². The summed E-state index contributed by atoms with van der Waals surface area (Å²) in [6, 6.07) is 7.90. The van der Waals surface area contributed by atoms with Crippen LogP contribution in [0.15, 0.2) is 24.3 Å². The monoisotopic (exact) mass is 273 g/mol. The van der Waals surface area contributed by atoms with E-state index in [0.29, 0.717) is 19.6 Å². The number of carbonyl (C=O) groups excluding carboxylic acids is 2. The highest BCUT2D eigenvalue weighted by Gasteiger charge is 2.29. The van der Waals surface area contributed by atoms with Gasteiger partial charge in [-0.1, -0.05) is 18.2 Å². The number of aryl methyl sites for hydroxylation is 1. The highest BCUT2D eigenvalue weighted by Crippen LogP contribution is 2.27. The van der Waals surface area contributed by atoms with E-state index in [1.165, 1.54) is 0 Å². The molecule has 3 rings (SSSR count). The van der Waals surface area contributed by atoms with E-state index in [-0.39, 0.29) is 24.2 Å². The van der Waals surface area contributed by atoms with E-state index in [0.717, 1.165) is 30.5 Å². The van der Waals surface area contributed by atoms with Gasteiger partial charge in [-0.05, 0) is 30.9 Å². The molecule has 1 aromatic rings. The molecular weight excluding hydrogens is 254 g/mol. The molecule has 0 aliphatic carbocycles. The van der Waals surface area contributed by atoms with Gasteiger partial charge in [-0.3, -0.25) is 9.59 Å². The number of anilines is 1. The number of hydrogen-bond acceptors (Lipinski definition) is 3. The second kappa shape index (κ2) is 5.75. The third kappa shape index (κ3) is 2.61. The van der Waals surface area contributed by atoms with Crippen molar-refractivity contribution in [1.29, 1.82) is 0 Å². The average molecular weight is 273 g/mol. The summed E-state index contributed by atoms with van der Waals surface area (Å²) in [6.07, 6.45) is 3.05. The summed E-state index contributed by atoms with van der Waals surface area (Å²) in [5.74, 6) is 0.132. The van der Waals surface area contributed by atoms with Crippen molar-refractivity contribution >= 4 is 17.4 Å². The van der Waals surface area contributed by atoms with Crippen LogP contribution >= 0.6 is 0 Å². The van der Waals surface area contributed by atoms with E-state index in [9.17, 15) is 9.59 Å². The fourth-order valence-corrected chi connectivity index (χ4v) is 2.93. The van der Waals surface area contributed by atoms with Gasteiger partial charge in [0.2, 0.25) is 5.91 Å². The van der Waals surface area contributed by atoms with Crippen molar-refractivity contribution in [1.82, 2.24) is 0 Å². The Labute approximate surface area is 118 Å². The highest BCUT2D eigenvalue weighted by atomic mass is 16.5. The Morgan fingerprint density at radius 3 is 2.95 bits per heavy atom. The molecule has 1 aromatic carbocycles. The second-order valence-electron chi connectivity index (χ2n) is 5.49. The van der Waals surface area contributed by atoms with Crippen LogP contribution in [0.4, 0.5) is 5.69 Å². The molecule has 106 valence electrons. The summed E-state index contributed by atoms with van der Waals surface area (Å²) in [4.78, 5) is 26.2. The molecule has 2 heterocycles. The lowest BCUT2D eigenvalue weighted by molar-refractivity contribution is -0.124. The van der Waals surface area contributed by atoms with Crippen molar-refractivity contribution in [2.75, 3.05) is 24.7 Å². The van der Waals surface area contributed by atoms with Gasteiger partial charge in [0.1, 0.15) is 0 Å². The Balaban J connectivity index is 1.82. The molecule has 0 bridgehead atoms. The molecule has 2 aliphatic rings. The zero-order valence-corrected chi connectivity index (χ0v) is 11.5. The van der Waals surface area contributed by atoms with Crippen molar-refractivity contribution in [2.45, 2.75) is 25.7 Å². The quantitative estimate of drug-likeness (QED) is 0.845. The SMILES string of the molecule is O=C(CN1C(=O)CCCc2ccccc21)C1CCOC1. The zero-order chi connectivity index (χ0) is 13.9. The minimum Gasteiger partial charge on any atom is -0.381 e. The number of carbonyl (C=O) groups is 2. The molecular formula is C16H19NO3. The van der Waals surface area contributed by atoms with Gasteiger partial charge < -0.3 is 9.64 Å². The summed E-state index contributed by atoms with van der Waals surface area (Å²) in [6.45, 7) is 1.34. The molecule has 2 aliphatic heterocycles. The van der Waals surface area contributed by atoms with E-state index < -0.39 is 0 Å². The van der Waals surface area contributed by atoms with Gasteiger partial charge in [-0.25, -0.2) is 0 Å². The van der Waals surface area contributed by atoms with E-state index in [4.69, 9.17) is 4.74 Å². The number of fused-ring (bicyclic) bond motifs is 1. The van der Waals surface area contributed by atoms with E-state index in [1.54, 1.807) is 4.90 Å². The van der Waals surface area contributed by atoms with Gasteiger partial charge >= 0.3 is 0 Å². The average Bonchev–Trinajstić information content (AvgIpc) is 2.94. The molecule has 0 saturated carbocycles. The Kier molecular flexibility index (Phi) is 3.83. The maximum Gasteiger partial charge on any atom is 0.227 e. The minimum atomic E-state index is -0.0433. The Morgan fingerprint density at radius 2 is 2.15 bits per heavy atom. The Hall–Kier alpha value is -1.68. The van der Waals surface area contributed by atoms with Gasteiger partial charge in [0.25, 0.3) is 0 Å². The van der Waals surface area contributed by atoms with Crippen molar-refractivity contribution < 1.29 is 14.3 Å². The van der Waals surface area contributed by atoms with E-state index in [1.807, 2.05) is 24.3 Å². The van der Waals surface area contributed by atoms with Crippen LogP contribution in [0.25, 0.3) is 0 Å². The Bertz CT molecular complexity index is 520. The predicted octanol–water partition coefficient (Wildman–Crippen LogP) is 1.96. The molecule has 0 spiro atoms. The first-order chi connectivity index (χ1) is 9.75. The van der Waals surface area contributed by atoms with Gasteiger partial charge in [0, 0.05) is 24.6 Å². The summed E-state index contributed by atoms with van der Waals surface area (Å²) in [7, 11) is 0. The van der Waals surface area contributed by atoms with Crippen molar-refractivity contribution in [3.63, 3.8) is 0 Å². The molecule has 1 unspecified atom stereocenters. The molecule has 0 N–H and O–H groups in total. The normalized spacial score (nSPS) is 22.5. The van der Waals surface area contributed by atoms with E-state index >= 15 is 0 Å². The molecule has 20 heavy (non-hydrogen) atoms. The summed E-state index contributed by atoms with van der Waals surface area (Å²) >= 11 is 0. The van der Waals surface area contributed by atoms with Gasteiger partial charge in [0.05, 0.1) is 13.2 Å². The first-order valence-electron chi connectivity index (χ1n) is 7.24. The standard InChI is InChI=1S/C16H19NO3/c18-15(13-8-9-20-11-13)10-17-14-6-2-1-4-12(14)5-3-7-16(17)19/h1-2,4,6,13H,3,5,7-11H2. The number of benzene rings is 1. The van der Waals surface area contributed by atoms with Crippen molar-refractivity contribution in [3.05, 3.63) is 29.8 Å². The molecule has 1 atom stereocenters. The van der Waals surface area contributed by atoms with Crippen LogP contribution in [0.1, 0.15) is 24.8 Å². The number of ketones is 1. The third-order valence-corrected chi connectivity index (χ3v) is 4.12. The number of Topliss-reactive ketones (excluding diaryl/α,β-unsaturated/α-hetero) is 1. The van der Waals surface area contributed by atoms with Crippen LogP contribution in [-0.2, 0) is 20.7 Å². The maximum atomic E-state index is 12.3. The maximum absolute atomic E-state index is 12.3. The van der Waals surface area contributed by atoms with E-state index in [2.05, 4.69) is 0 Å². The van der Waals surface area contributed by atoms with Crippen molar-refractivity contribution in [2.24, 2.45) is 5.92 Å². The van der Waals surface area contributed by atoms with Crippen LogP contribution < -0.4 is 4.90 Å². The topological polar surface area (TPSA) is 46.6 Å². The first kappa shape index (κ1) is 13.3. The second-order valence-corrected chi connectivity index (χ2v) is 5.49. The van der Waals surface area contributed by atoms with Crippen molar-refractivity contribution in [3.8, 4) is 0 Å². The zero-order valence-electron chi connectivity index (χ0n) is 11.5. The molecule has 0 radical (unpaired) electrons. The number of para-hydroxylation sites is 1. The highest BCUT2D eigenvalue weighted by molar-refractivity contribution is 6.00. The largest absolute Gasteiger partial charge is 0.381 e. The summed E-state index contributed by atoms with van der Waals surface area (Å²) in [5.41, 5.74) is 2.07. The third-order valence-electron chi connectivity index (χ3n) is 4.12. The number of hydrogen-bond donors (Lipinski definition) is 0. The molecule has 4 heteroatoms. The van der Waals surface area contributed by atoms with Gasteiger partial charge in [0.15, 0.2) is 5.78 Å². The van der Waals surface area contributed by atoms with Crippen LogP contribution in [0.2, 0.25) is 0 Å². The molecule has 0 aromatic heterocycles. The van der Waals surface area contributed by atoms with Crippen LogP contribution in [0.3, 0.4) is 0 Å². The lowest BCUT2D eigenvalue weighted by Gasteiger charge is -2.23. The minimum absolute atomic E-state index is 0.0433. The van der Waals surface area contributed by atoms with Crippen LogP contribution in [-0.4, -0.2) is 31.4 Å². The fraction of sp³-hybridized carbons (Fsp3) is 0.500. The van der Waals surface area contributed by atoms with Gasteiger partial charge in [-0.15, -0.1) is 0 Å². The Morgan fingerprint density at radius 1 is 1.30 bits per heavy atom. The number of ether oxygens (including phenoxy) is 1. The molecule has 1 fully saturated rings. The predicted molar refractivity (Wildman–Crippen MR) is 75.7 cm³/mol. The smallest absolute Gasteiger partial charge is 0.227 e. The lowest BCUT2D eigenvalue weighted by atomic mass is 10.0. The lowest BCUT2D eigenvalue weighted by Crippen LogP contribution is -2.37. The first-order valence-corrected chi connectivity index (χ1v) is 7.24. The number of nitrogens with zero attached hydrogens (tertiary/aromatic N) is 1.